The van der Waals surface area contributed by atoms with E-state index in [9.17, 15) is 10.2 Å². The highest BCUT2D eigenvalue weighted by Gasteiger charge is 2.42. The summed E-state index contributed by atoms with van der Waals surface area (Å²) in [4.78, 5) is 12.6. The van der Waals surface area contributed by atoms with Gasteiger partial charge in [-0.05, 0) is 6.92 Å². The van der Waals surface area contributed by atoms with Crippen LogP contribution in [0, 0.1) is 5.92 Å². The molecule has 0 bridgehead atoms. The molecule has 21 heavy (non-hydrogen) atoms. The Bertz CT molecular complexity index is 632. The van der Waals surface area contributed by atoms with Gasteiger partial charge in [0.05, 0.1) is 25.6 Å². The molecule has 2 N–H and O–H groups in total. The number of aliphatic hydroxyl groups excluding tert-OH is 2. The van der Waals surface area contributed by atoms with Crippen LogP contribution in [-0.4, -0.2) is 55.2 Å². The second kappa shape index (κ2) is 5.55. The Kier molecular flexibility index (Phi) is 3.75. The van der Waals surface area contributed by atoms with Crippen molar-refractivity contribution in [3.8, 4) is 5.88 Å². The summed E-state index contributed by atoms with van der Waals surface area (Å²) in [5.74, 6) is 0.233. The standard InChI is InChI=1S/C13H18N4O4/c1-3-20-12-9-11(14-5-15-12)17(6-16-9)13-7(2)10(19)8(4-18)21-13/h5-8,10,13,18-19H,3-4H2,1-2H3/t7-,8+,10-,13+/m0/s1. The summed E-state index contributed by atoms with van der Waals surface area (Å²) in [6, 6.07) is 0. The summed E-state index contributed by atoms with van der Waals surface area (Å²) in [7, 11) is 0. The largest absolute Gasteiger partial charge is 0.476 e. The van der Waals surface area contributed by atoms with E-state index in [0.717, 1.165) is 0 Å². The lowest BCUT2D eigenvalue weighted by Gasteiger charge is -2.17. The van der Waals surface area contributed by atoms with Crippen LogP contribution in [0.25, 0.3) is 11.2 Å². The zero-order valence-corrected chi connectivity index (χ0v) is 11.9. The number of nitrogens with zero attached hydrogens (tertiary/aromatic N) is 4. The van der Waals surface area contributed by atoms with Gasteiger partial charge >= 0.3 is 0 Å². The molecule has 3 rings (SSSR count). The van der Waals surface area contributed by atoms with E-state index in [1.54, 1.807) is 10.9 Å². The molecule has 0 radical (unpaired) electrons. The molecule has 4 atom stereocenters. The van der Waals surface area contributed by atoms with Gasteiger partial charge in [0.15, 0.2) is 11.2 Å². The van der Waals surface area contributed by atoms with Gasteiger partial charge < -0.3 is 19.7 Å². The molecule has 1 aliphatic heterocycles. The van der Waals surface area contributed by atoms with Crippen molar-refractivity contribution >= 4 is 11.2 Å². The molecule has 0 unspecified atom stereocenters. The monoisotopic (exact) mass is 294 g/mol. The van der Waals surface area contributed by atoms with E-state index in [1.807, 2.05) is 13.8 Å². The summed E-state index contributed by atoms with van der Waals surface area (Å²) < 4.78 is 12.9. The van der Waals surface area contributed by atoms with Crippen molar-refractivity contribution in [2.75, 3.05) is 13.2 Å². The Balaban J connectivity index is 2.00. The fourth-order valence-electron chi connectivity index (χ4n) is 2.62. The summed E-state index contributed by atoms with van der Waals surface area (Å²) in [5, 5.41) is 19.3. The van der Waals surface area contributed by atoms with E-state index < -0.39 is 18.4 Å². The predicted octanol–water partition coefficient (Wildman–Crippen LogP) is 0.112. The van der Waals surface area contributed by atoms with Gasteiger partial charge in [0.25, 0.3) is 0 Å². The maximum atomic E-state index is 10.1. The van der Waals surface area contributed by atoms with Gasteiger partial charge in [-0.15, -0.1) is 0 Å². The van der Waals surface area contributed by atoms with Gasteiger partial charge in [0, 0.05) is 5.92 Å². The Hall–Kier alpha value is -1.77. The molecule has 1 fully saturated rings. The molecule has 0 saturated carbocycles. The number of aliphatic hydroxyl groups is 2. The van der Waals surface area contributed by atoms with Crippen LogP contribution in [0.1, 0.15) is 20.1 Å². The van der Waals surface area contributed by atoms with Crippen molar-refractivity contribution < 1.29 is 19.7 Å². The van der Waals surface area contributed by atoms with Gasteiger partial charge in [-0.3, -0.25) is 4.57 Å². The molecule has 1 saturated heterocycles. The second-order valence-electron chi connectivity index (χ2n) is 5.03. The number of hydrogen-bond donors (Lipinski definition) is 2. The summed E-state index contributed by atoms with van der Waals surface area (Å²) in [5.41, 5.74) is 1.13. The molecule has 0 aromatic carbocycles. The van der Waals surface area contributed by atoms with Crippen LogP contribution in [0.2, 0.25) is 0 Å². The molecule has 2 aromatic heterocycles. The van der Waals surface area contributed by atoms with Crippen LogP contribution in [0.5, 0.6) is 5.88 Å². The predicted molar refractivity (Wildman–Crippen MR) is 72.7 cm³/mol. The van der Waals surface area contributed by atoms with E-state index in [0.29, 0.717) is 23.7 Å². The summed E-state index contributed by atoms with van der Waals surface area (Å²) in [6.45, 7) is 3.99. The lowest BCUT2D eigenvalue weighted by molar-refractivity contribution is -0.0447. The third-order valence-electron chi connectivity index (χ3n) is 3.74. The normalized spacial score (nSPS) is 29.1. The van der Waals surface area contributed by atoms with Crippen molar-refractivity contribution in [2.24, 2.45) is 5.92 Å². The van der Waals surface area contributed by atoms with Crippen LogP contribution in [0.4, 0.5) is 0 Å². The third kappa shape index (κ3) is 2.25. The SMILES string of the molecule is CCOc1ncnc2c1ncn2[C@@H]1O[C@H](CO)[C@@H](O)[C@@H]1C. The number of rotatable bonds is 4. The lowest BCUT2D eigenvalue weighted by atomic mass is 10.0. The van der Waals surface area contributed by atoms with E-state index in [-0.39, 0.29) is 12.5 Å². The first-order valence-corrected chi connectivity index (χ1v) is 6.92. The zero-order chi connectivity index (χ0) is 15.0. The Labute approximate surface area is 121 Å². The number of ether oxygens (including phenoxy) is 2. The maximum absolute atomic E-state index is 10.1. The highest BCUT2D eigenvalue weighted by Crippen LogP contribution is 2.36. The van der Waals surface area contributed by atoms with Crippen molar-refractivity contribution in [2.45, 2.75) is 32.3 Å². The van der Waals surface area contributed by atoms with Crippen LogP contribution in [0.3, 0.4) is 0 Å². The first kappa shape index (κ1) is 14.2. The van der Waals surface area contributed by atoms with Gasteiger partial charge in [-0.2, -0.15) is 4.98 Å². The van der Waals surface area contributed by atoms with Crippen molar-refractivity contribution in [1.29, 1.82) is 0 Å². The Morgan fingerprint density at radius 2 is 2.19 bits per heavy atom. The Morgan fingerprint density at radius 1 is 1.38 bits per heavy atom. The van der Waals surface area contributed by atoms with Gasteiger partial charge in [-0.1, -0.05) is 6.92 Å². The van der Waals surface area contributed by atoms with Gasteiger partial charge in [0.2, 0.25) is 5.88 Å². The van der Waals surface area contributed by atoms with Crippen molar-refractivity contribution in [3.63, 3.8) is 0 Å². The van der Waals surface area contributed by atoms with Gasteiger partial charge in [0.1, 0.15) is 18.7 Å². The van der Waals surface area contributed by atoms with Crippen LogP contribution in [-0.2, 0) is 4.74 Å². The molecule has 8 nitrogen and oxygen atoms in total. The van der Waals surface area contributed by atoms with Crippen LogP contribution < -0.4 is 4.74 Å². The van der Waals surface area contributed by atoms with Crippen LogP contribution >= 0.6 is 0 Å². The molecule has 0 amide bonds. The Morgan fingerprint density at radius 3 is 2.86 bits per heavy atom. The first-order chi connectivity index (χ1) is 10.2. The van der Waals surface area contributed by atoms with E-state index in [1.165, 1.54) is 6.33 Å². The molecule has 1 aliphatic rings. The first-order valence-electron chi connectivity index (χ1n) is 6.92. The fourth-order valence-corrected chi connectivity index (χ4v) is 2.62. The molecular weight excluding hydrogens is 276 g/mol. The molecule has 114 valence electrons. The molecular formula is C13H18N4O4. The lowest BCUT2D eigenvalue weighted by Crippen LogP contribution is -2.28. The van der Waals surface area contributed by atoms with E-state index >= 15 is 0 Å². The molecule has 0 aliphatic carbocycles. The van der Waals surface area contributed by atoms with Crippen LogP contribution in [0.15, 0.2) is 12.7 Å². The minimum atomic E-state index is -0.731. The summed E-state index contributed by atoms with van der Waals surface area (Å²) in [6.07, 6.45) is 1.23. The highest BCUT2D eigenvalue weighted by molar-refractivity contribution is 5.76. The quantitative estimate of drug-likeness (QED) is 0.825. The molecule has 8 heteroatoms. The minimum Gasteiger partial charge on any atom is -0.476 e. The minimum absolute atomic E-state index is 0.190. The van der Waals surface area contributed by atoms with Crippen molar-refractivity contribution in [1.82, 2.24) is 19.5 Å². The van der Waals surface area contributed by atoms with Gasteiger partial charge in [-0.25, -0.2) is 9.97 Å². The summed E-state index contributed by atoms with van der Waals surface area (Å²) >= 11 is 0. The van der Waals surface area contributed by atoms with E-state index in [2.05, 4.69) is 15.0 Å². The number of fused-ring (bicyclic) bond motifs is 1. The smallest absolute Gasteiger partial charge is 0.245 e. The third-order valence-corrected chi connectivity index (χ3v) is 3.74. The topological polar surface area (TPSA) is 103 Å². The second-order valence-corrected chi connectivity index (χ2v) is 5.03. The van der Waals surface area contributed by atoms with Crippen molar-refractivity contribution in [3.05, 3.63) is 12.7 Å². The number of aromatic nitrogens is 4. The molecule has 3 heterocycles. The molecule has 0 spiro atoms. The highest BCUT2D eigenvalue weighted by atomic mass is 16.5. The number of hydrogen-bond acceptors (Lipinski definition) is 7. The fraction of sp³-hybridized carbons (Fsp3) is 0.615. The van der Waals surface area contributed by atoms with E-state index in [4.69, 9.17) is 9.47 Å². The molecule has 2 aromatic rings. The zero-order valence-electron chi connectivity index (χ0n) is 11.9. The average molecular weight is 294 g/mol. The number of imidazole rings is 1. The average Bonchev–Trinajstić information content (AvgIpc) is 3.03. The maximum Gasteiger partial charge on any atom is 0.245 e.